The van der Waals surface area contributed by atoms with Gasteiger partial charge in [-0.3, -0.25) is 9.59 Å². The first-order chi connectivity index (χ1) is 18.3. The van der Waals surface area contributed by atoms with Crippen molar-refractivity contribution in [1.82, 2.24) is 5.32 Å². The predicted octanol–water partition coefficient (Wildman–Crippen LogP) is 6.77. The first-order valence-electron chi connectivity index (χ1n) is 13.7. The molecular weight excluding hydrogens is 470 g/mol. The van der Waals surface area contributed by atoms with E-state index in [1.54, 1.807) is 17.9 Å². The largest absolute Gasteiger partial charge is 0.378 e. The Bertz CT molecular complexity index is 1120. The van der Waals surface area contributed by atoms with Crippen LogP contribution in [0, 0.1) is 5.92 Å². The van der Waals surface area contributed by atoms with E-state index in [-0.39, 0.29) is 29.7 Å². The Labute approximate surface area is 228 Å². The number of carbonyl (C=O) groups is 2. The first kappa shape index (κ1) is 29.0. The van der Waals surface area contributed by atoms with Gasteiger partial charge in [0.25, 0.3) is 0 Å². The lowest BCUT2D eigenvalue weighted by molar-refractivity contribution is -0.127. The van der Waals surface area contributed by atoms with E-state index in [1.807, 2.05) is 61.5 Å². The number of hydrogen-bond acceptors (Lipinski definition) is 3. The number of rotatable bonds is 11. The van der Waals surface area contributed by atoms with Crippen LogP contribution in [0.2, 0.25) is 0 Å². The molecule has 1 fully saturated rings. The molecule has 1 N–H and O–H groups in total. The summed E-state index contributed by atoms with van der Waals surface area (Å²) >= 11 is 0. The molecule has 0 bridgehead atoms. The van der Waals surface area contributed by atoms with Crippen LogP contribution >= 0.6 is 0 Å². The highest BCUT2D eigenvalue weighted by atomic mass is 16.2. The molecule has 1 aliphatic carbocycles. The molecule has 0 aliphatic heterocycles. The maximum Gasteiger partial charge on any atom is 0.224 e. The van der Waals surface area contributed by atoms with Crippen LogP contribution in [0.1, 0.15) is 63.0 Å². The van der Waals surface area contributed by atoms with E-state index in [2.05, 4.69) is 49.2 Å². The Kier molecular flexibility index (Phi) is 11.0. The van der Waals surface area contributed by atoms with Gasteiger partial charge in [-0.2, -0.15) is 0 Å². The number of allylic oxidation sites excluding steroid dienone is 4. The van der Waals surface area contributed by atoms with Crippen molar-refractivity contribution in [2.24, 2.45) is 5.92 Å². The summed E-state index contributed by atoms with van der Waals surface area (Å²) in [4.78, 5) is 29.5. The highest BCUT2D eigenvalue weighted by Crippen LogP contribution is 2.38. The van der Waals surface area contributed by atoms with Crippen molar-refractivity contribution in [3.05, 3.63) is 96.6 Å². The van der Waals surface area contributed by atoms with Gasteiger partial charge in [0.2, 0.25) is 11.8 Å². The fraction of sp³-hybridized carbons (Fsp3) is 0.394. The van der Waals surface area contributed by atoms with E-state index in [0.29, 0.717) is 6.54 Å². The van der Waals surface area contributed by atoms with Gasteiger partial charge >= 0.3 is 0 Å². The molecule has 2 aromatic rings. The van der Waals surface area contributed by atoms with Crippen LogP contribution in [0.3, 0.4) is 0 Å². The van der Waals surface area contributed by atoms with E-state index < -0.39 is 0 Å². The van der Waals surface area contributed by atoms with E-state index in [4.69, 9.17) is 0 Å². The average molecular weight is 514 g/mol. The van der Waals surface area contributed by atoms with Crippen molar-refractivity contribution in [1.29, 1.82) is 0 Å². The second-order valence-electron chi connectivity index (χ2n) is 10.4. The molecule has 3 atom stereocenters. The van der Waals surface area contributed by atoms with Gasteiger partial charge in [0.1, 0.15) is 0 Å². The second-order valence-corrected chi connectivity index (χ2v) is 10.4. The van der Waals surface area contributed by atoms with E-state index in [9.17, 15) is 9.59 Å². The number of amides is 2. The lowest BCUT2D eigenvalue weighted by atomic mass is 9.75. The van der Waals surface area contributed by atoms with Crippen LogP contribution in [0.15, 0.2) is 85.5 Å². The van der Waals surface area contributed by atoms with Gasteiger partial charge in [-0.1, -0.05) is 74.1 Å². The van der Waals surface area contributed by atoms with Crippen molar-refractivity contribution in [2.75, 3.05) is 23.9 Å². The summed E-state index contributed by atoms with van der Waals surface area (Å²) in [6.45, 7) is 7.84. The average Bonchev–Trinajstić information content (AvgIpc) is 2.92. The first-order valence-corrected chi connectivity index (χ1v) is 13.7. The van der Waals surface area contributed by atoms with Crippen LogP contribution in [0.4, 0.5) is 11.4 Å². The van der Waals surface area contributed by atoms with Gasteiger partial charge in [-0.05, 0) is 67.5 Å². The predicted molar refractivity (Wildman–Crippen MR) is 159 cm³/mol. The smallest absolute Gasteiger partial charge is 0.224 e. The van der Waals surface area contributed by atoms with Crippen molar-refractivity contribution < 1.29 is 9.59 Å². The molecule has 1 unspecified atom stereocenters. The van der Waals surface area contributed by atoms with E-state index >= 15 is 0 Å². The number of carbonyl (C=O) groups excluding carboxylic acids is 2. The van der Waals surface area contributed by atoms with Gasteiger partial charge < -0.3 is 15.1 Å². The van der Waals surface area contributed by atoms with Crippen molar-refractivity contribution >= 4 is 23.2 Å². The Morgan fingerprint density at radius 3 is 2.26 bits per heavy atom. The molecule has 0 spiro atoms. The Balaban J connectivity index is 1.66. The van der Waals surface area contributed by atoms with Gasteiger partial charge in [0, 0.05) is 44.4 Å². The number of anilines is 2. The molecule has 5 nitrogen and oxygen atoms in total. The molecule has 0 aromatic heterocycles. The van der Waals surface area contributed by atoms with Crippen LogP contribution in [-0.4, -0.2) is 32.0 Å². The van der Waals surface area contributed by atoms with Crippen LogP contribution in [0.25, 0.3) is 0 Å². The zero-order valence-electron chi connectivity index (χ0n) is 23.4. The maximum atomic E-state index is 13.2. The highest BCUT2D eigenvalue weighted by Gasteiger charge is 2.32. The SMILES string of the molecule is C=C/C=C\C=C/C[C@H](C)NC(=O)C1CCCC[C@H]1c1ccc(CN(C(C)=O)c2ccc(N(C)C)cc2)cc1. The number of benzene rings is 2. The minimum absolute atomic E-state index is 0.00868. The fourth-order valence-corrected chi connectivity index (χ4v) is 5.12. The summed E-state index contributed by atoms with van der Waals surface area (Å²) < 4.78 is 0. The molecule has 5 heteroatoms. The fourth-order valence-electron chi connectivity index (χ4n) is 5.12. The standard InChI is InChI=1S/C33H43N3O2/c1-6-7-8-9-10-13-25(2)34-33(38)32-15-12-11-14-31(32)28-18-16-27(17-19-28)24-36(26(3)37)30-22-20-29(21-23-30)35(4)5/h6-10,16-23,25,31-32H,1,11-15,24H2,2-5H3,(H,34,38)/b8-7-,10-9-/t25-,31-,32?/m0/s1. The summed E-state index contributed by atoms with van der Waals surface area (Å²) in [5, 5.41) is 3.24. The van der Waals surface area contributed by atoms with Gasteiger partial charge in [-0.15, -0.1) is 0 Å². The zero-order valence-corrected chi connectivity index (χ0v) is 23.4. The van der Waals surface area contributed by atoms with E-state index in [0.717, 1.165) is 49.0 Å². The summed E-state index contributed by atoms with van der Waals surface area (Å²) in [7, 11) is 4.00. The molecular formula is C33H43N3O2. The minimum Gasteiger partial charge on any atom is -0.378 e. The van der Waals surface area contributed by atoms with Crippen LogP contribution in [-0.2, 0) is 16.1 Å². The lowest BCUT2D eigenvalue weighted by Crippen LogP contribution is -2.40. The molecule has 202 valence electrons. The molecule has 0 radical (unpaired) electrons. The number of nitrogens with one attached hydrogen (secondary N) is 1. The third-order valence-corrected chi connectivity index (χ3v) is 7.28. The molecule has 38 heavy (non-hydrogen) atoms. The highest BCUT2D eigenvalue weighted by molar-refractivity contribution is 5.91. The van der Waals surface area contributed by atoms with E-state index in [1.165, 1.54) is 5.56 Å². The third kappa shape index (κ3) is 8.20. The van der Waals surface area contributed by atoms with Gasteiger partial charge in [-0.25, -0.2) is 0 Å². The van der Waals surface area contributed by atoms with Gasteiger partial charge in [0.15, 0.2) is 0 Å². The Morgan fingerprint density at radius 1 is 0.974 bits per heavy atom. The second kappa shape index (κ2) is 14.4. The maximum absolute atomic E-state index is 13.2. The van der Waals surface area contributed by atoms with Crippen LogP contribution < -0.4 is 15.1 Å². The Hall–Kier alpha value is -3.60. The Morgan fingerprint density at radius 2 is 1.63 bits per heavy atom. The summed E-state index contributed by atoms with van der Waals surface area (Å²) in [6, 6.07) is 16.6. The monoisotopic (exact) mass is 513 g/mol. The molecule has 1 saturated carbocycles. The molecule has 1 aliphatic rings. The summed E-state index contributed by atoms with van der Waals surface area (Å²) in [6.07, 6.45) is 14.6. The molecule has 0 saturated heterocycles. The van der Waals surface area contributed by atoms with Gasteiger partial charge in [0.05, 0.1) is 6.54 Å². The van der Waals surface area contributed by atoms with Crippen molar-refractivity contribution in [3.63, 3.8) is 0 Å². The molecule has 3 rings (SSSR count). The molecule has 0 heterocycles. The zero-order chi connectivity index (χ0) is 27.5. The quantitative estimate of drug-likeness (QED) is 0.337. The molecule has 2 amide bonds. The topological polar surface area (TPSA) is 52.7 Å². The lowest BCUT2D eigenvalue weighted by Gasteiger charge is -2.32. The summed E-state index contributed by atoms with van der Waals surface area (Å²) in [5.41, 5.74) is 4.26. The number of hydrogen-bond donors (Lipinski definition) is 1. The summed E-state index contributed by atoms with van der Waals surface area (Å²) in [5.74, 6) is 0.380. The molecule has 2 aromatic carbocycles. The third-order valence-electron chi connectivity index (χ3n) is 7.28. The number of nitrogens with zero attached hydrogens (tertiary/aromatic N) is 2. The minimum atomic E-state index is -0.00868. The van der Waals surface area contributed by atoms with Crippen LogP contribution in [0.5, 0.6) is 0 Å². The van der Waals surface area contributed by atoms with Crippen molar-refractivity contribution in [2.45, 2.75) is 64.5 Å². The normalized spacial score (nSPS) is 18.3. The van der Waals surface area contributed by atoms with Crippen molar-refractivity contribution in [3.8, 4) is 0 Å².